The van der Waals surface area contributed by atoms with E-state index >= 15 is 0 Å². The van der Waals surface area contributed by atoms with Crippen molar-refractivity contribution in [2.45, 2.75) is 51.4 Å². The Bertz CT molecular complexity index is 959. The fraction of sp³-hybridized carbons (Fsp3) is 0.478. The van der Waals surface area contributed by atoms with Gasteiger partial charge in [0.2, 0.25) is 12.3 Å². The molecular formula is C23H32N3O8P. The van der Waals surface area contributed by atoms with Crippen LogP contribution in [0.3, 0.4) is 0 Å². The monoisotopic (exact) mass is 509 g/mol. The molecule has 3 N–H and O–H groups in total. The van der Waals surface area contributed by atoms with Crippen LogP contribution in [0.4, 0.5) is 0 Å². The number of benzene rings is 1. The number of nitrogens with one attached hydrogen (secondary N) is 2. The summed E-state index contributed by atoms with van der Waals surface area (Å²) in [5, 5.41) is 15.2. The van der Waals surface area contributed by atoms with Gasteiger partial charge in [-0.1, -0.05) is 38.1 Å². The minimum absolute atomic E-state index is 0.0368. The van der Waals surface area contributed by atoms with Crippen LogP contribution in [0.2, 0.25) is 0 Å². The van der Waals surface area contributed by atoms with Gasteiger partial charge in [-0.25, -0.2) is 9.36 Å². The summed E-state index contributed by atoms with van der Waals surface area (Å²) in [7, 11) is -4.08. The quantitative estimate of drug-likeness (QED) is 0.219. The zero-order valence-corrected chi connectivity index (χ0v) is 20.6. The van der Waals surface area contributed by atoms with Gasteiger partial charge in [-0.15, -0.1) is 6.58 Å². The second-order valence-corrected chi connectivity index (χ2v) is 9.91. The molecule has 11 nitrogen and oxygen atoms in total. The molecule has 0 saturated carbocycles. The standard InChI is InChI=1S/C23H32N3O8P/c1-4-13-31-22(28)19(5-2)25-35(30,34-17-9-7-6-8-10-17)32-15-18-14-16(3)21(33-18)26-12-11-20(27)24-23(26)29/h5-12,16,18-19,21,23,29H,2,4,13-15H2,1,3H3,(H,24,27)(H,25,30)/t16-,18-,19-,21+,23?,35-/m0/s1. The Balaban J connectivity index is 1.69. The van der Waals surface area contributed by atoms with Crippen LogP contribution in [0.5, 0.6) is 5.75 Å². The average molecular weight is 509 g/mol. The molecule has 35 heavy (non-hydrogen) atoms. The maximum absolute atomic E-state index is 13.7. The molecule has 12 heteroatoms. The van der Waals surface area contributed by atoms with E-state index < -0.39 is 44.3 Å². The number of amides is 1. The highest BCUT2D eigenvalue weighted by atomic mass is 31.2. The Morgan fingerprint density at radius 1 is 1.43 bits per heavy atom. The average Bonchev–Trinajstić information content (AvgIpc) is 3.20. The molecule has 6 atom stereocenters. The van der Waals surface area contributed by atoms with Crippen LogP contribution in [-0.4, -0.2) is 59.8 Å². The van der Waals surface area contributed by atoms with Crippen molar-refractivity contribution < 1.29 is 37.8 Å². The highest BCUT2D eigenvalue weighted by Gasteiger charge is 2.41. The molecule has 1 aromatic rings. The molecular weight excluding hydrogens is 477 g/mol. The van der Waals surface area contributed by atoms with Crippen molar-refractivity contribution in [2.24, 2.45) is 5.92 Å². The van der Waals surface area contributed by atoms with Crippen molar-refractivity contribution in [1.29, 1.82) is 0 Å². The van der Waals surface area contributed by atoms with E-state index in [2.05, 4.69) is 17.0 Å². The lowest BCUT2D eigenvalue weighted by Gasteiger charge is -2.35. The van der Waals surface area contributed by atoms with Crippen LogP contribution in [0.25, 0.3) is 0 Å². The number of rotatable bonds is 12. The predicted molar refractivity (Wildman–Crippen MR) is 127 cm³/mol. The van der Waals surface area contributed by atoms with Gasteiger partial charge in [0.15, 0.2) is 0 Å². The van der Waals surface area contributed by atoms with Crippen molar-refractivity contribution >= 4 is 19.6 Å². The minimum Gasteiger partial charge on any atom is -0.464 e. The SMILES string of the molecule is C=C[C@H](N[P@](=O)(OC[C@@H]1C[C@H](C)[C@H](N2C=CC(=O)NC2O)O1)Oc1ccccc1)C(=O)OCCC. The highest BCUT2D eigenvalue weighted by molar-refractivity contribution is 7.52. The van der Waals surface area contributed by atoms with E-state index in [0.717, 1.165) is 0 Å². The third-order valence-corrected chi connectivity index (χ3v) is 6.87. The molecule has 2 heterocycles. The van der Waals surface area contributed by atoms with E-state index in [1.807, 2.05) is 13.8 Å². The number of carbonyl (C=O) groups is 2. The molecule has 1 amide bonds. The van der Waals surface area contributed by atoms with E-state index in [0.29, 0.717) is 12.8 Å². The van der Waals surface area contributed by atoms with E-state index in [1.165, 1.54) is 23.3 Å². The number of hydrogen-bond acceptors (Lipinski definition) is 9. The number of para-hydroxylation sites is 1. The fourth-order valence-corrected chi connectivity index (χ4v) is 5.15. The van der Waals surface area contributed by atoms with Crippen LogP contribution < -0.4 is 14.9 Å². The molecule has 192 valence electrons. The largest absolute Gasteiger partial charge is 0.464 e. The zero-order valence-electron chi connectivity index (χ0n) is 19.7. The second kappa shape index (κ2) is 12.3. The van der Waals surface area contributed by atoms with E-state index in [1.54, 1.807) is 30.3 Å². The topological polar surface area (TPSA) is 136 Å². The maximum Gasteiger partial charge on any atom is 0.459 e. The molecule has 1 fully saturated rings. The zero-order chi connectivity index (χ0) is 25.4. The summed E-state index contributed by atoms with van der Waals surface area (Å²) in [4.78, 5) is 25.3. The fourth-order valence-electron chi connectivity index (χ4n) is 3.65. The van der Waals surface area contributed by atoms with Crippen LogP contribution >= 0.6 is 7.75 Å². The third-order valence-electron chi connectivity index (χ3n) is 5.33. The number of ether oxygens (including phenoxy) is 2. The molecule has 2 aliphatic heterocycles. The van der Waals surface area contributed by atoms with Gasteiger partial charge in [0, 0.05) is 18.2 Å². The summed E-state index contributed by atoms with van der Waals surface area (Å²) in [5.74, 6) is -0.811. The lowest BCUT2D eigenvalue weighted by Crippen LogP contribution is -2.53. The Hall–Kier alpha value is -2.69. The van der Waals surface area contributed by atoms with Gasteiger partial charge >= 0.3 is 13.7 Å². The van der Waals surface area contributed by atoms with E-state index in [4.69, 9.17) is 18.5 Å². The Kier molecular flexibility index (Phi) is 9.47. The highest BCUT2D eigenvalue weighted by Crippen LogP contribution is 2.46. The normalized spacial score (nSPS) is 26.5. The van der Waals surface area contributed by atoms with Gasteiger partial charge in [0.1, 0.15) is 18.0 Å². The lowest BCUT2D eigenvalue weighted by atomic mass is 10.1. The minimum atomic E-state index is -4.08. The van der Waals surface area contributed by atoms with Crippen LogP contribution in [0, 0.1) is 5.92 Å². The molecule has 0 aliphatic carbocycles. The van der Waals surface area contributed by atoms with Crippen LogP contribution in [-0.2, 0) is 28.2 Å². The van der Waals surface area contributed by atoms with Crippen molar-refractivity contribution in [3.05, 3.63) is 55.3 Å². The number of carbonyl (C=O) groups excluding carboxylic acids is 2. The maximum atomic E-state index is 13.7. The molecule has 0 radical (unpaired) electrons. The summed E-state index contributed by atoms with van der Waals surface area (Å²) in [6.45, 7) is 7.50. The summed E-state index contributed by atoms with van der Waals surface area (Å²) in [6, 6.07) is 7.30. The number of esters is 1. The first-order chi connectivity index (χ1) is 16.7. The molecule has 1 unspecified atom stereocenters. The molecule has 1 saturated heterocycles. The summed E-state index contributed by atoms with van der Waals surface area (Å²) < 4.78 is 36.2. The third kappa shape index (κ3) is 7.39. The summed E-state index contributed by atoms with van der Waals surface area (Å²) in [5.41, 5.74) is 0. The second-order valence-electron chi connectivity index (χ2n) is 8.21. The van der Waals surface area contributed by atoms with Crippen molar-refractivity contribution in [2.75, 3.05) is 13.2 Å². The van der Waals surface area contributed by atoms with Gasteiger partial charge in [0.05, 0.1) is 19.3 Å². The molecule has 1 aromatic carbocycles. The van der Waals surface area contributed by atoms with Crippen molar-refractivity contribution in [3.8, 4) is 5.75 Å². The van der Waals surface area contributed by atoms with Crippen LogP contribution in [0.15, 0.2) is 55.3 Å². The first kappa shape index (κ1) is 26.9. The van der Waals surface area contributed by atoms with Crippen LogP contribution in [0.1, 0.15) is 26.7 Å². The molecule has 2 aliphatic rings. The van der Waals surface area contributed by atoms with Gasteiger partial charge in [-0.05, 0) is 25.0 Å². The van der Waals surface area contributed by atoms with E-state index in [9.17, 15) is 19.3 Å². The lowest BCUT2D eigenvalue weighted by molar-refractivity contribution is -0.145. The Labute approximate surface area is 204 Å². The predicted octanol–water partition coefficient (Wildman–Crippen LogP) is 2.26. The van der Waals surface area contributed by atoms with Gasteiger partial charge in [-0.3, -0.25) is 9.32 Å². The number of hydrogen-bond donors (Lipinski definition) is 3. The number of aliphatic hydroxyl groups is 1. The Morgan fingerprint density at radius 2 is 2.17 bits per heavy atom. The molecule has 0 bridgehead atoms. The number of nitrogens with zero attached hydrogens (tertiary/aromatic N) is 1. The molecule has 0 aromatic heterocycles. The summed E-state index contributed by atoms with van der Waals surface area (Å²) in [6.07, 6.45) is 2.94. The first-order valence-electron chi connectivity index (χ1n) is 11.4. The molecule has 3 rings (SSSR count). The van der Waals surface area contributed by atoms with Gasteiger partial charge in [-0.2, -0.15) is 5.09 Å². The van der Waals surface area contributed by atoms with Gasteiger partial charge in [0.25, 0.3) is 0 Å². The van der Waals surface area contributed by atoms with E-state index in [-0.39, 0.29) is 24.9 Å². The van der Waals surface area contributed by atoms with Gasteiger partial charge < -0.3 is 29.3 Å². The van der Waals surface area contributed by atoms with Crippen molar-refractivity contribution in [3.63, 3.8) is 0 Å². The summed E-state index contributed by atoms with van der Waals surface area (Å²) >= 11 is 0. The first-order valence-corrected chi connectivity index (χ1v) is 12.9. The molecule has 0 spiro atoms. The van der Waals surface area contributed by atoms with Crippen molar-refractivity contribution in [1.82, 2.24) is 15.3 Å². The Morgan fingerprint density at radius 3 is 2.83 bits per heavy atom. The smallest absolute Gasteiger partial charge is 0.459 e. The number of aliphatic hydroxyl groups excluding tert-OH is 1.